The molecule has 0 saturated carbocycles. The third-order valence-electron chi connectivity index (χ3n) is 4.14. The van der Waals surface area contributed by atoms with Gasteiger partial charge in [-0.15, -0.1) is 11.6 Å². The Morgan fingerprint density at radius 3 is 2.18 bits per heavy atom. The monoisotopic (exact) mass is 345 g/mol. The van der Waals surface area contributed by atoms with Crippen LogP contribution in [0.3, 0.4) is 0 Å². The summed E-state index contributed by atoms with van der Waals surface area (Å²) in [4.78, 5) is 0. The maximum atomic E-state index is 6.44. The van der Waals surface area contributed by atoms with Crippen LogP contribution in [0.4, 0.5) is 0 Å². The molecule has 0 aliphatic heterocycles. The molecule has 0 saturated heterocycles. The molecule has 0 aliphatic rings. The van der Waals surface area contributed by atoms with Gasteiger partial charge in [-0.1, -0.05) is 88.3 Å². The fourth-order valence-electron chi connectivity index (χ4n) is 2.76. The zero-order valence-corrected chi connectivity index (χ0v) is 17.3. The predicted molar refractivity (Wildman–Crippen MR) is 106 cm³/mol. The molecular weight excluding hydrogens is 320 g/mol. The van der Waals surface area contributed by atoms with E-state index in [2.05, 4.69) is 76.8 Å². The number of rotatable bonds is 4. The van der Waals surface area contributed by atoms with Crippen LogP contribution in [0.25, 0.3) is 0 Å². The molecule has 0 amide bonds. The lowest BCUT2D eigenvalue weighted by atomic mass is 10.2. The SMILES string of the molecule is Cc1cc([Si](CCl)c2cc(C)ccc2C)cc([Si](C)(C)C)c1. The molecule has 0 spiro atoms. The third kappa shape index (κ3) is 3.92. The summed E-state index contributed by atoms with van der Waals surface area (Å²) in [5.41, 5.74) is 4.79. The van der Waals surface area contributed by atoms with Crippen molar-refractivity contribution < 1.29 is 0 Å². The van der Waals surface area contributed by atoms with E-state index < -0.39 is 16.9 Å². The first kappa shape index (κ1) is 17.5. The van der Waals surface area contributed by atoms with Crippen molar-refractivity contribution in [3.8, 4) is 0 Å². The van der Waals surface area contributed by atoms with Crippen LogP contribution >= 0.6 is 11.6 Å². The number of hydrogen-bond acceptors (Lipinski definition) is 0. The number of alkyl halides is 1. The van der Waals surface area contributed by atoms with Gasteiger partial charge in [0.05, 0.1) is 8.07 Å². The van der Waals surface area contributed by atoms with Crippen molar-refractivity contribution in [1.82, 2.24) is 0 Å². The highest BCUT2D eigenvalue weighted by atomic mass is 35.5. The maximum Gasteiger partial charge on any atom is 0.136 e. The molecule has 2 aromatic carbocycles. The van der Waals surface area contributed by atoms with E-state index in [0.29, 0.717) is 0 Å². The van der Waals surface area contributed by atoms with Crippen LogP contribution in [-0.4, -0.2) is 22.4 Å². The second-order valence-electron chi connectivity index (χ2n) is 7.27. The third-order valence-corrected chi connectivity index (χ3v) is 9.41. The smallest absolute Gasteiger partial charge is 0.130 e. The fourth-order valence-corrected chi connectivity index (χ4v) is 7.35. The standard InChI is InChI=1S/C19H26ClSi2/c1-14-7-8-16(3)19(11-14)21(13-20)17-9-15(2)10-18(12-17)22(4,5)6/h7-12H,13H2,1-6H3. The number of aryl methyl sites for hydroxylation is 3. The second-order valence-corrected chi connectivity index (χ2v) is 15.5. The van der Waals surface area contributed by atoms with Gasteiger partial charge in [-0.25, -0.2) is 0 Å². The topological polar surface area (TPSA) is 0 Å². The van der Waals surface area contributed by atoms with E-state index in [4.69, 9.17) is 11.6 Å². The molecule has 0 nitrogen and oxygen atoms in total. The van der Waals surface area contributed by atoms with E-state index in [-0.39, 0.29) is 0 Å². The van der Waals surface area contributed by atoms with Gasteiger partial charge < -0.3 is 0 Å². The zero-order chi connectivity index (χ0) is 16.5. The Morgan fingerprint density at radius 1 is 0.909 bits per heavy atom. The molecule has 0 fully saturated rings. The van der Waals surface area contributed by atoms with Crippen LogP contribution < -0.4 is 15.6 Å². The molecule has 0 aromatic heterocycles. The largest absolute Gasteiger partial charge is 0.136 e. The van der Waals surface area contributed by atoms with E-state index in [1.165, 1.54) is 27.1 Å². The summed E-state index contributed by atoms with van der Waals surface area (Å²) in [5, 5.41) is 4.47. The van der Waals surface area contributed by atoms with Gasteiger partial charge in [-0.3, -0.25) is 0 Å². The van der Waals surface area contributed by atoms with Gasteiger partial charge in [0, 0.05) is 5.50 Å². The minimum atomic E-state index is -1.31. The second kappa shape index (κ2) is 6.73. The molecule has 117 valence electrons. The first-order valence-corrected chi connectivity index (χ1v) is 13.6. The summed E-state index contributed by atoms with van der Waals surface area (Å²) < 4.78 is 0. The molecular formula is C19H26ClSi2. The van der Waals surface area contributed by atoms with E-state index in [0.717, 1.165) is 5.50 Å². The minimum Gasteiger partial charge on any atom is -0.130 e. The van der Waals surface area contributed by atoms with Crippen molar-refractivity contribution in [2.75, 3.05) is 5.50 Å². The highest BCUT2D eigenvalue weighted by Crippen LogP contribution is 2.07. The molecule has 0 atom stereocenters. The first-order valence-electron chi connectivity index (χ1n) is 7.84. The Hall–Kier alpha value is -0.836. The van der Waals surface area contributed by atoms with E-state index >= 15 is 0 Å². The molecule has 0 bridgehead atoms. The molecule has 0 heterocycles. The summed E-state index contributed by atoms with van der Waals surface area (Å²) in [6, 6.07) is 13.9. The number of halogens is 1. The summed E-state index contributed by atoms with van der Waals surface area (Å²) in [6.45, 7) is 13.8. The maximum absolute atomic E-state index is 6.44. The lowest BCUT2D eigenvalue weighted by Gasteiger charge is -2.22. The number of benzene rings is 2. The quantitative estimate of drug-likeness (QED) is 0.587. The summed E-state index contributed by atoms with van der Waals surface area (Å²) in [5.74, 6) is 0. The molecule has 0 unspecified atom stereocenters. The van der Waals surface area contributed by atoms with Crippen molar-refractivity contribution in [3.05, 3.63) is 53.1 Å². The highest BCUT2D eigenvalue weighted by Gasteiger charge is 2.22. The van der Waals surface area contributed by atoms with Gasteiger partial charge in [-0.2, -0.15) is 0 Å². The average molecular weight is 346 g/mol. The summed E-state index contributed by atoms with van der Waals surface area (Å²) in [7, 11) is -2.21. The molecule has 0 N–H and O–H groups in total. The van der Waals surface area contributed by atoms with Crippen molar-refractivity contribution in [2.24, 2.45) is 0 Å². The first-order chi connectivity index (χ1) is 10.2. The Labute approximate surface area is 143 Å². The molecule has 2 aromatic rings. The summed E-state index contributed by atoms with van der Waals surface area (Å²) in [6.07, 6.45) is 0. The van der Waals surface area contributed by atoms with E-state index in [1.807, 2.05) is 0 Å². The Bertz CT molecular complexity index is 672. The van der Waals surface area contributed by atoms with Gasteiger partial charge in [0.25, 0.3) is 0 Å². The number of hydrogen-bond donors (Lipinski definition) is 0. The summed E-state index contributed by atoms with van der Waals surface area (Å²) >= 11 is 6.44. The van der Waals surface area contributed by atoms with Crippen molar-refractivity contribution in [3.63, 3.8) is 0 Å². The average Bonchev–Trinajstić information content (AvgIpc) is 2.42. The van der Waals surface area contributed by atoms with Gasteiger partial charge in [0.1, 0.15) is 8.80 Å². The van der Waals surface area contributed by atoms with Crippen LogP contribution in [0, 0.1) is 20.8 Å². The Morgan fingerprint density at radius 2 is 1.59 bits per heavy atom. The molecule has 22 heavy (non-hydrogen) atoms. The predicted octanol–water partition coefficient (Wildman–Crippen LogP) is 3.54. The lowest BCUT2D eigenvalue weighted by molar-refractivity contribution is 1.42. The Kier molecular flexibility index (Phi) is 5.36. The highest BCUT2D eigenvalue weighted by molar-refractivity contribution is 6.92. The lowest BCUT2D eigenvalue weighted by Crippen LogP contribution is -2.49. The minimum absolute atomic E-state index is 0.726. The van der Waals surface area contributed by atoms with Gasteiger partial charge in [-0.05, 0) is 20.8 Å². The van der Waals surface area contributed by atoms with Crippen LogP contribution in [0.2, 0.25) is 19.6 Å². The molecule has 2 rings (SSSR count). The van der Waals surface area contributed by atoms with Crippen LogP contribution in [0.15, 0.2) is 36.4 Å². The van der Waals surface area contributed by atoms with Gasteiger partial charge >= 0.3 is 0 Å². The van der Waals surface area contributed by atoms with Crippen molar-refractivity contribution in [1.29, 1.82) is 0 Å². The fraction of sp³-hybridized carbons (Fsp3) is 0.368. The van der Waals surface area contributed by atoms with Crippen molar-refractivity contribution >= 4 is 44.0 Å². The van der Waals surface area contributed by atoms with E-state index in [1.54, 1.807) is 5.19 Å². The van der Waals surface area contributed by atoms with Crippen LogP contribution in [0.5, 0.6) is 0 Å². The molecule has 1 radical (unpaired) electrons. The Balaban J connectivity index is 2.56. The zero-order valence-electron chi connectivity index (χ0n) is 14.5. The van der Waals surface area contributed by atoms with E-state index in [9.17, 15) is 0 Å². The van der Waals surface area contributed by atoms with Crippen LogP contribution in [-0.2, 0) is 0 Å². The van der Waals surface area contributed by atoms with Gasteiger partial charge in [0.2, 0.25) is 0 Å². The molecule has 3 heteroatoms. The normalized spacial score (nSPS) is 12.0. The van der Waals surface area contributed by atoms with Gasteiger partial charge in [0.15, 0.2) is 0 Å². The van der Waals surface area contributed by atoms with Crippen molar-refractivity contribution in [2.45, 2.75) is 40.4 Å². The van der Waals surface area contributed by atoms with Crippen LogP contribution in [0.1, 0.15) is 16.7 Å². The molecule has 0 aliphatic carbocycles.